The molecule has 2 fully saturated rings. The average Bonchev–Trinajstić information content (AvgIpc) is 3.21. The van der Waals surface area contributed by atoms with E-state index < -0.39 is 23.0 Å². The molecule has 1 aliphatic carbocycles. The lowest BCUT2D eigenvalue weighted by Gasteiger charge is -2.49. The number of ether oxygens (including phenoxy) is 4. The Balaban J connectivity index is 1.98. The SMILES string of the molecule is CO[C@]1(C)C[C@@H]2OCC3=CC[C@](C)(C/C=C/C(C)(C)OO)[C@@H](/C=C/OC(=O)C=C(C)C)[C@]32O1. The van der Waals surface area contributed by atoms with Crippen molar-refractivity contribution >= 4 is 5.97 Å². The van der Waals surface area contributed by atoms with Gasteiger partial charge in [-0.3, -0.25) is 5.26 Å². The van der Waals surface area contributed by atoms with Gasteiger partial charge in [-0.15, -0.1) is 0 Å². The highest BCUT2D eigenvalue weighted by Gasteiger charge is 2.67. The number of carbonyl (C=O) groups is 1. The monoisotopic (exact) mass is 462 g/mol. The van der Waals surface area contributed by atoms with Crippen LogP contribution in [0.4, 0.5) is 0 Å². The fourth-order valence-electron chi connectivity index (χ4n) is 5.20. The number of hydrogen-bond acceptors (Lipinski definition) is 7. The number of esters is 1. The molecule has 184 valence electrons. The van der Waals surface area contributed by atoms with E-state index >= 15 is 0 Å². The largest absolute Gasteiger partial charge is 0.432 e. The fourth-order valence-corrected chi connectivity index (χ4v) is 5.20. The second kappa shape index (κ2) is 9.47. The van der Waals surface area contributed by atoms with E-state index in [4.69, 9.17) is 24.2 Å². The minimum atomic E-state index is -0.785. The van der Waals surface area contributed by atoms with Gasteiger partial charge in [-0.2, -0.15) is 0 Å². The van der Waals surface area contributed by atoms with Crippen LogP contribution in [-0.4, -0.2) is 48.0 Å². The molecule has 0 aromatic carbocycles. The minimum absolute atomic E-state index is 0.142. The van der Waals surface area contributed by atoms with Crippen molar-refractivity contribution in [3.63, 3.8) is 0 Å². The van der Waals surface area contributed by atoms with Gasteiger partial charge < -0.3 is 18.9 Å². The van der Waals surface area contributed by atoms with Crippen molar-refractivity contribution in [1.82, 2.24) is 0 Å². The zero-order valence-corrected chi connectivity index (χ0v) is 20.8. The Morgan fingerprint density at radius 2 is 2.06 bits per heavy atom. The van der Waals surface area contributed by atoms with Crippen LogP contribution in [0.1, 0.15) is 60.8 Å². The maximum Gasteiger partial charge on any atom is 0.335 e. The van der Waals surface area contributed by atoms with Crippen LogP contribution in [0.5, 0.6) is 0 Å². The van der Waals surface area contributed by atoms with Crippen molar-refractivity contribution in [2.45, 2.75) is 83.9 Å². The molecule has 0 radical (unpaired) electrons. The number of carbonyl (C=O) groups excluding carboxylic acids is 1. The lowest BCUT2D eigenvalue weighted by Crippen LogP contribution is -2.53. The second-order valence-electron chi connectivity index (χ2n) is 10.6. The van der Waals surface area contributed by atoms with Gasteiger partial charge in [0.15, 0.2) is 5.79 Å². The van der Waals surface area contributed by atoms with Crippen LogP contribution in [0.3, 0.4) is 0 Å². The molecule has 5 atom stereocenters. The van der Waals surface area contributed by atoms with Gasteiger partial charge in [0.1, 0.15) is 11.2 Å². The first-order valence-electron chi connectivity index (χ1n) is 11.5. The Hall–Kier alpha value is -1.77. The average molecular weight is 463 g/mol. The van der Waals surface area contributed by atoms with Gasteiger partial charge in [-0.25, -0.2) is 9.68 Å². The van der Waals surface area contributed by atoms with Crippen LogP contribution in [0, 0.1) is 11.3 Å². The molecule has 33 heavy (non-hydrogen) atoms. The number of methoxy groups -OCH3 is 1. The van der Waals surface area contributed by atoms with Crippen LogP contribution < -0.4 is 0 Å². The van der Waals surface area contributed by atoms with Crippen LogP contribution in [-0.2, 0) is 28.6 Å². The van der Waals surface area contributed by atoms with E-state index in [1.165, 1.54) is 12.3 Å². The van der Waals surface area contributed by atoms with Gasteiger partial charge in [-0.05, 0) is 64.5 Å². The zero-order valence-electron chi connectivity index (χ0n) is 20.8. The summed E-state index contributed by atoms with van der Waals surface area (Å²) in [4.78, 5) is 16.6. The Kier molecular flexibility index (Phi) is 7.42. The number of hydrogen-bond donors (Lipinski definition) is 1. The lowest BCUT2D eigenvalue weighted by atomic mass is 9.58. The van der Waals surface area contributed by atoms with E-state index in [-0.39, 0.29) is 17.4 Å². The highest BCUT2D eigenvalue weighted by molar-refractivity contribution is 5.83. The van der Waals surface area contributed by atoms with Crippen molar-refractivity contribution in [3.05, 3.63) is 47.8 Å². The lowest BCUT2D eigenvalue weighted by molar-refractivity contribution is -0.297. The molecule has 2 heterocycles. The number of allylic oxidation sites excluding steroid dienone is 3. The molecule has 2 saturated heterocycles. The maximum absolute atomic E-state index is 12.1. The molecule has 0 aromatic rings. The molecular formula is C26H38O7. The maximum atomic E-state index is 12.1. The van der Waals surface area contributed by atoms with E-state index in [1.807, 2.05) is 39.0 Å². The van der Waals surface area contributed by atoms with Crippen LogP contribution >= 0.6 is 0 Å². The summed E-state index contributed by atoms with van der Waals surface area (Å²) in [5.74, 6) is -1.32. The first-order valence-corrected chi connectivity index (χ1v) is 11.5. The minimum Gasteiger partial charge on any atom is -0.432 e. The van der Waals surface area contributed by atoms with E-state index in [0.29, 0.717) is 19.4 Å². The van der Waals surface area contributed by atoms with Crippen molar-refractivity contribution in [3.8, 4) is 0 Å². The Labute approximate surface area is 197 Å². The molecule has 7 nitrogen and oxygen atoms in total. The highest BCUT2D eigenvalue weighted by atomic mass is 17.1. The first-order chi connectivity index (χ1) is 15.4. The Morgan fingerprint density at radius 3 is 2.70 bits per heavy atom. The molecule has 7 heteroatoms. The van der Waals surface area contributed by atoms with E-state index in [1.54, 1.807) is 21.0 Å². The summed E-state index contributed by atoms with van der Waals surface area (Å²) in [7, 11) is 1.65. The van der Waals surface area contributed by atoms with Crippen LogP contribution in [0.15, 0.2) is 47.8 Å². The Morgan fingerprint density at radius 1 is 1.33 bits per heavy atom. The summed E-state index contributed by atoms with van der Waals surface area (Å²) in [6.07, 6.45) is 12.9. The molecule has 0 bridgehead atoms. The van der Waals surface area contributed by atoms with Gasteiger partial charge in [0.2, 0.25) is 0 Å². The van der Waals surface area contributed by atoms with Gasteiger partial charge in [0.25, 0.3) is 0 Å². The normalized spacial score (nSPS) is 36.1. The molecule has 2 aliphatic heterocycles. The van der Waals surface area contributed by atoms with Gasteiger partial charge in [0, 0.05) is 25.5 Å². The molecule has 3 aliphatic rings. The summed E-state index contributed by atoms with van der Waals surface area (Å²) in [5.41, 5.74) is 0.230. The summed E-state index contributed by atoms with van der Waals surface area (Å²) in [5, 5.41) is 9.13. The smallest absolute Gasteiger partial charge is 0.335 e. The summed E-state index contributed by atoms with van der Waals surface area (Å²) < 4.78 is 24.0. The van der Waals surface area contributed by atoms with E-state index in [0.717, 1.165) is 17.6 Å². The van der Waals surface area contributed by atoms with Crippen LogP contribution in [0.2, 0.25) is 0 Å². The highest BCUT2D eigenvalue weighted by Crippen LogP contribution is 2.60. The molecule has 0 aromatic heterocycles. The fraction of sp³-hybridized carbons (Fsp3) is 0.654. The Bertz CT molecular complexity index is 866. The standard InChI is InChI=1S/C26H38O7/c1-18(2)15-22(27)30-14-10-20-24(5,12-8-11-23(3,4)33-28)13-9-19-17-31-21-16-25(6,29-7)32-26(19,20)21/h8-11,14-15,20-21,28H,12-13,16-17H2,1-7H3/b11-8+,14-10+/t20-,21+,24+,25+,26-/m1/s1. The third kappa shape index (κ3) is 5.17. The molecule has 1 spiro atoms. The zero-order chi connectivity index (χ0) is 24.5. The summed E-state index contributed by atoms with van der Waals surface area (Å²) >= 11 is 0. The first kappa shape index (κ1) is 25.8. The van der Waals surface area contributed by atoms with Crippen molar-refractivity contribution < 1.29 is 33.9 Å². The number of rotatable bonds is 8. The third-order valence-corrected chi connectivity index (χ3v) is 7.02. The molecule has 0 unspecified atom stereocenters. The molecule has 1 N–H and O–H groups in total. The summed E-state index contributed by atoms with van der Waals surface area (Å²) in [6.45, 7) is 11.9. The summed E-state index contributed by atoms with van der Waals surface area (Å²) in [6, 6.07) is 0. The second-order valence-corrected chi connectivity index (χ2v) is 10.6. The van der Waals surface area contributed by atoms with Crippen molar-refractivity contribution in [2.24, 2.45) is 11.3 Å². The van der Waals surface area contributed by atoms with E-state index in [2.05, 4.69) is 17.9 Å². The molecule has 0 saturated carbocycles. The predicted molar refractivity (Wildman–Crippen MR) is 124 cm³/mol. The van der Waals surface area contributed by atoms with Gasteiger partial charge >= 0.3 is 5.97 Å². The van der Waals surface area contributed by atoms with Crippen molar-refractivity contribution in [2.75, 3.05) is 13.7 Å². The van der Waals surface area contributed by atoms with Crippen LogP contribution in [0.25, 0.3) is 0 Å². The molecule has 0 amide bonds. The van der Waals surface area contributed by atoms with E-state index in [9.17, 15) is 4.79 Å². The molecular weight excluding hydrogens is 424 g/mol. The topological polar surface area (TPSA) is 83.5 Å². The van der Waals surface area contributed by atoms with Gasteiger partial charge in [0.05, 0.1) is 19.0 Å². The third-order valence-electron chi connectivity index (χ3n) is 7.02. The molecule has 3 rings (SSSR count). The predicted octanol–water partition coefficient (Wildman–Crippen LogP) is 5.10. The van der Waals surface area contributed by atoms with Crippen molar-refractivity contribution in [1.29, 1.82) is 0 Å². The quantitative estimate of drug-likeness (QED) is 0.134. The van der Waals surface area contributed by atoms with Gasteiger partial charge in [-0.1, -0.05) is 30.7 Å².